The van der Waals surface area contributed by atoms with E-state index in [4.69, 9.17) is 14.2 Å². The van der Waals surface area contributed by atoms with Crippen molar-refractivity contribution in [2.24, 2.45) is 0 Å². The fraction of sp³-hybridized carbons (Fsp3) is 0.333. The van der Waals surface area contributed by atoms with Gasteiger partial charge in [-0.05, 0) is 42.5 Å². The van der Waals surface area contributed by atoms with Crippen LogP contribution in [0.15, 0.2) is 47.4 Å². The first-order chi connectivity index (χ1) is 12.5. The maximum Gasteiger partial charge on any atom is 0.243 e. The van der Waals surface area contributed by atoms with Crippen molar-refractivity contribution >= 4 is 10.0 Å². The molecule has 2 aromatic carbocycles. The highest BCUT2D eigenvalue weighted by Crippen LogP contribution is 2.24. The van der Waals surface area contributed by atoms with E-state index in [1.165, 1.54) is 41.7 Å². The largest absolute Gasteiger partial charge is 0.496 e. The van der Waals surface area contributed by atoms with Crippen LogP contribution in [0.3, 0.4) is 0 Å². The number of ether oxygens (including phenoxy) is 3. The van der Waals surface area contributed by atoms with Crippen LogP contribution in [0.5, 0.6) is 11.5 Å². The zero-order chi connectivity index (χ0) is 18.6. The van der Waals surface area contributed by atoms with E-state index in [2.05, 4.69) is 0 Å². The molecule has 0 bridgehead atoms. The van der Waals surface area contributed by atoms with E-state index >= 15 is 0 Å². The average Bonchev–Trinajstić information content (AvgIpc) is 2.67. The normalized spacial score (nSPS) is 15.6. The van der Waals surface area contributed by atoms with E-state index in [9.17, 15) is 12.8 Å². The summed E-state index contributed by atoms with van der Waals surface area (Å²) in [6.07, 6.45) is 0. The molecule has 0 radical (unpaired) electrons. The van der Waals surface area contributed by atoms with Crippen molar-refractivity contribution in [3.05, 3.63) is 53.8 Å². The van der Waals surface area contributed by atoms with Crippen molar-refractivity contribution in [3.8, 4) is 11.5 Å². The standard InChI is InChI=1S/C18H20FNO5S/c1-23-18-7-2-15(19)12-14(18)13-25-16-3-5-17(6-4-16)26(21,22)20-8-10-24-11-9-20/h2-7,12H,8-11,13H2,1H3. The van der Waals surface area contributed by atoms with Crippen LogP contribution in [0.1, 0.15) is 5.56 Å². The lowest BCUT2D eigenvalue weighted by atomic mass is 10.2. The summed E-state index contributed by atoms with van der Waals surface area (Å²) < 4.78 is 55.9. The van der Waals surface area contributed by atoms with E-state index < -0.39 is 10.0 Å². The number of morpholine rings is 1. The number of benzene rings is 2. The third-order valence-corrected chi connectivity index (χ3v) is 5.98. The highest BCUT2D eigenvalue weighted by Gasteiger charge is 2.26. The van der Waals surface area contributed by atoms with E-state index in [1.807, 2.05) is 0 Å². The molecule has 140 valence electrons. The Morgan fingerprint density at radius 2 is 1.81 bits per heavy atom. The number of rotatable bonds is 6. The first-order valence-electron chi connectivity index (χ1n) is 8.14. The minimum Gasteiger partial charge on any atom is -0.496 e. The number of methoxy groups -OCH3 is 1. The minimum absolute atomic E-state index is 0.108. The molecular weight excluding hydrogens is 361 g/mol. The van der Waals surface area contributed by atoms with Gasteiger partial charge in [-0.2, -0.15) is 4.31 Å². The van der Waals surface area contributed by atoms with Gasteiger partial charge < -0.3 is 14.2 Å². The van der Waals surface area contributed by atoms with Gasteiger partial charge in [0.2, 0.25) is 10.0 Å². The molecule has 0 amide bonds. The van der Waals surface area contributed by atoms with Crippen molar-refractivity contribution in [1.29, 1.82) is 0 Å². The zero-order valence-electron chi connectivity index (χ0n) is 14.4. The first kappa shape index (κ1) is 18.6. The summed E-state index contributed by atoms with van der Waals surface area (Å²) in [5.74, 6) is 0.631. The van der Waals surface area contributed by atoms with Gasteiger partial charge >= 0.3 is 0 Å². The summed E-state index contributed by atoms with van der Waals surface area (Å²) in [4.78, 5) is 0.204. The lowest BCUT2D eigenvalue weighted by molar-refractivity contribution is 0.0730. The van der Waals surface area contributed by atoms with Crippen molar-refractivity contribution in [2.45, 2.75) is 11.5 Å². The number of halogens is 1. The molecule has 8 heteroatoms. The van der Waals surface area contributed by atoms with Crippen LogP contribution in [-0.2, 0) is 21.4 Å². The predicted octanol–water partition coefficient (Wildman–Crippen LogP) is 2.43. The van der Waals surface area contributed by atoms with E-state index in [0.29, 0.717) is 43.4 Å². The quantitative estimate of drug-likeness (QED) is 0.769. The summed E-state index contributed by atoms with van der Waals surface area (Å²) in [5.41, 5.74) is 0.567. The van der Waals surface area contributed by atoms with E-state index in [0.717, 1.165) is 0 Å². The molecule has 1 fully saturated rings. The summed E-state index contributed by atoms with van der Waals surface area (Å²) >= 11 is 0. The number of hydrogen-bond acceptors (Lipinski definition) is 5. The SMILES string of the molecule is COc1ccc(F)cc1COc1ccc(S(=O)(=O)N2CCOCC2)cc1. The monoisotopic (exact) mass is 381 g/mol. The molecule has 3 rings (SSSR count). The van der Waals surface area contributed by atoms with Crippen LogP contribution >= 0.6 is 0 Å². The van der Waals surface area contributed by atoms with Crippen molar-refractivity contribution in [3.63, 3.8) is 0 Å². The Hall–Kier alpha value is -2.16. The van der Waals surface area contributed by atoms with Gasteiger partial charge in [-0.15, -0.1) is 0 Å². The molecule has 1 heterocycles. The van der Waals surface area contributed by atoms with Crippen molar-refractivity contribution in [1.82, 2.24) is 4.31 Å². The third kappa shape index (κ3) is 4.14. The average molecular weight is 381 g/mol. The van der Waals surface area contributed by atoms with Gasteiger partial charge in [0.25, 0.3) is 0 Å². The Kier molecular flexibility index (Phi) is 5.75. The van der Waals surface area contributed by atoms with Crippen molar-refractivity contribution in [2.75, 3.05) is 33.4 Å². The minimum atomic E-state index is -3.53. The number of hydrogen-bond donors (Lipinski definition) is 0. The molecule has 1 aliphatic heterocycles. The smallest absolute Gasteiger partial charge is 0.243 e. The Morgan fingerprint density at radius 3 is 2.46 bits per heavy atom. The first-order valence-corrected chi connectivity index (χ1v) is 9.58. The summed E-state index contributed by atoms with van der Waals surface area (Å²) in [6.45, 7) is 1.60. The molecule has 0 aromatic heterocycles. The Balaban J connectivity index is 1.69. The fourth-order valence-corrected chi connectivity index (χ4v) is 4.07. The molecule has 1 saturated heterocycles. The van der Waals surface area contributed by atoms with Crippen molar-refractivity contribution < 1.29 is 27.0 Å². The molecule has 0 atom stereocenters. The second-order valence-electron chi connectivity index (χ2n) is 5.73. The van der Waals surface area contributed by atoms with Crippen LogP contribution in [0, 0.1) is 5.82 Å². The third-order valence-electron chi connectivity index (χ3n) is 4.07. The highest BCUT2D eigenvalue weighted by atomic mass is 32.2. The van der Waals surface area contributed by atoms with E-state index in [-0.39, 0.29) is 17.3 Å². The molecule has 0 spiro atoms. The number of nitrogens with zero attached hydrogens (tertiary/aromatic N) is 1. The summed E-state index contributed by atoms with van der Waals surface area (Å²) in [7, 11) is -2.03. The maximum absolute atomic E-state index is 13.4. The summed E-state index contributed by atoms with van der Waals surface area (Å²) in [6, 6.07) is 10.4. The van der Waals surface area contributed by atoms with Gasteiger partial charge in [0, 0.05) is 18.7 Å². The van der Waals surface area contributed by atoms with Gasteiger partial charge in [-0.3, -0.25) is 0 Å². The predicted molar refractivity (Wildman–Crippen MR) is 93.3 cm³/mol. The molecule has 1 aliphatic rings. The Bertz CT molecular complexity index is 848. The topological polar surface area (TPSA) is 65.1 Å². The van der Waals surface area contributed by atoms with Crippen LogP contribution in [0.2, 0.25) is 0 Å². The van der Waals surface area contributed by atoms with Gasteiger partial charge in [0.15, 0.2) is 0 Å². The molecule has 0 unspecified atom stereocenters. The molecule has 6 nitrogen and oxygen atoms in total. The Morgan fingerprint density at radius 1 is 1.12 bits per heavy atom. The summed E-state index contributed by atoms with van der Waals surface area (Å²) in [5, 5.41) is 0. The van der Waals surface area contributed by atoms with Gasteiger partial charge in [0.05, 0.1) is 25.2 Å². The lowest BCUT2D eigenvalue weighted by Gasteiger charge is -2.26. The van der Waals surface area contributed by atoms with Crippen LogP contribution < -0.4 is 9.47 Å². The molecule has 2 aromatic rings. The van der Waals surface area contributed by atoms with Gasteiger partial charge in [-0.25, -0.2) is 12.8 Å². The number of sulfonamides is 1. The molecule has 0 N–H and O–H groups in total. The molecular formula is C18H20FNO5S. The van der Waals surface area contributed by atoms with Crippen LogP contribution in [-0.4, -0.2) is 46.1 Å². The van der Waals surface area contributed by atoms with Crippen LogP contribution in [0.25, 0.3) is 0 Å². The maximum atomic E-state index is 13.4. The zero-order valence-corrected chi connectivity index (χ0v) is 15.2. The molecule has 0 saturated carbocycles. The van der Waals surface area contributed by atoms with Crippen LogP contribution in [0.4, 0.5) is 4.39 Å². The highest BCUT2D eigenvalue weighted by molar-refractivity contribution is 7.89. The second kappa shape index (κ2) is 8.03. The lowest BCUT2D eigenvalue weighted by Crippen LogP contribution is -2.40. The fourth-order valence-electron chi connectivity index (χ4n) is 2.66. The van der Waals surface area contributed by atoms with E-state index in [1.54, 1.807) is 12.1 Å². The molecule has 0 aliphatic carbocycles. The second-order valence-corrected chi connectivity index (χ2v) is 7.67. The Labute approximate surface area is 152 Å². The van der Waals surface area contributed by atoms with Gasteiger partial charge in [0.1, 0.15) is 23.9 Å². The molecule has 26 heavy (non-hydrogen) atoms. The van der Waals surface area contributed by atoms with Gasteiger partial charge in [-0.1, -0.05) is 0 Å².